The number of esters is 1. The molecule has 0 bridgehead atoms. The van der Waals surface area contributed by atoms with Crippen molar-refractivity contribution in [3.8, 4) is 0 Å². The third-order valence-corrected chi connectivity index (χ3v) is 13.3. The minimum absolute atomic E-state index is 0.000365. The average molecular weight is 503 g/mol. The summed E-state index contributed by atoms with van der Waals surface area (Å²) in [6.45, 7) is 13.3. The molecule has 6 heteroatoms. The summed E-state index contributed by atoms with van der Waals surface area (Å²) in [5, 5.41) is 32.3. The maximum absolute atomic E-state index is 12.4. The Morgan fingerprint density at radius 1 is 0.944 bits per heavy atom. The summed E-state index contributed by atoms with van der Waals surface area (Å²) in [6, 6.07) is 0. The second-order valence-electron chi connectivity index (χ2n) is 14.4. The monoisotopic (exact) mass is 502 g/mol. The second kappa shape index (κ2) is 7.37. The van der Waals surface area contributed by atoms with Gasteiger partial charge >= 0.3 is 5.97 Å². The van der Waals surface area contributed by atoms with E-state index in [0.29, 0.717) is 6.42 Å². The van der Waals surface area contributed by atoms with Gasteiger partial charge in [0.15, 0.2) is 0 Å². The highest BCUT2D eigenvalue weighted by atomic mass is 16.7. The summed E-state index contributed by atoms with van der Waals surface area (Å²) in [5.41, 5.74) is 2.13. The minimum Gasteiger partial charge on any atom is -0.430 e. The summed E-state index contributed by atoms with van der Waals surface area (Å²) in [4.78, 5) is 12.4. The van der Waals surface area contributed by atoms with E-state index in [1.54, 1.807) is 18.1 Å². The van der Waals surface area contributed by atoms with Crippen molar-refractivity contribution in [1.29, 1.82) is 0 Å². The van der Waals surface area contributed by atoms with Crippen LogP contribution in [-0.2, 0) is 14.3 Å². The molecule has 0 unspecified atom stereocenters. The molecule has 6 rings (SSSR count). The first kappa shape index (κ1) is 25.3. The Morgan fingerprint density at radius 2 is 1.67 bits per heavy atom. The molecule has 4 fully saturated rings. The maximum atomic E-state index is 12.4. The van der Waals surface area contributed by atoms with Crippen LogP contribution in [0.2, 0.25) is 0 Å². The van der Waals surface area contributed by atoms with E-state index >= 15 is 0 Å². The molecule has 2 heterocycles. The molecule has 6 aliphatic rings. The largest absolute Gasteiger partial charge is 0.430 e. The minimum atomic E-state index is -1.22. The van der Waals surface area contributed by atoms with Crippen LogP contribution in [-0.4, -0.2) is 51.5 Å². The third-order valence-electron chi connectivity index (χ3n) is 13.3. The van der Waals surface area contributed by atoms with Crippen LogP contribution in [0, 0.1) is 39.4 Å². The van der Waals surface area contributed by atoms with Gasteiger partial charge in [0, 0.05) is 17.3 Å². The molecule has 0 radical (unpaired) electrons. The highest BCUT2D eigenvalue weighted by molar-refractivity contribution is 5.76. The van der Waals surface area contributed by atoms with E-state index in [1.807, 2.05) is 0 Å². The Labute approximate surface area is 215 Å². The fraction of sp³-hybridized carbons (Fsp3) is 0.900. The van der Waals surface area contributed by atoms with E-state index in [-0.39, 0.29) is 40.7 Å². The van der Waals surface area contributed by atoms with Crippen molar-refractivity contribution in [2.45, 2.75) is 123 Å². The maximum Gasteiger partial charge on any atom is 0.314 e. The van der Waals surface area contributed by atoms with Gasteiger partial charge in [-0.05, 0) is 81.0 Å². The van der Waals surface area contributed by atoms with Gasteiger partial charge in [0.2, 0.25) is 5.79 Å². The van der Waals surface area contributed by atoms with Gasteiger partial charge in [-0.15, -0.1) is 0 Å². The molecule has 0 amide bonds. The van der Waals surface area contributed by atoms with Gasteiger partial charge in [-0.25, -0.2) is 0 Å². The smallest absolute Gasteiger partial charge is 0.314 e. The molecular weight excluding hydrogens is 456 g/mol. The highest BCUT2D eigenvalue weighted by Gasteiger charge is 2.76. The molecule has 2 spiro atoms. The third kappa shape index (κ3) is 2.61. The topological polar surface area (TPSA) is 96.2 Å². The Kier molecular flexibility index (Phi) is 5.18. The quantitative estimate of drug-likeness (QED) is 0.361. The number of allylic oxidation sites excluding steroid dienone is 2. The van der Waals surface area contributed by atoms with Crippen molar-refractivity contribution in [3.63, 3.8) is 0 Å². The fourth-order valence-corrected chi connectivity index (χ4v) is 10.8. The Morgan fingerprint density at radius 3 is 2.31 bits per heavy atom. The molecule has 6 nitrogen and oxygen atoms in total. The first-order chi connectivity index (χ1) is 16.7. The Hall–Kier alpha value is -0.950. The fourth-order valence-electron chi connectivity index (χ4n) is 10.8. The van der Waals surface area contributed by atoms with Crippen LogP contribution in [0.15, 0.2) is 11.1 Å². The van der Waals surface area contributed by atoms with Gasteiger partial charge in [-0.2, -0.15) is 0 Å². The summed E-state index contributed by atoms with van der Waals surface area (Å²) in [5.74, 6) is -1.69. The number of ether oxygens (including phenoxy) is 2. The van der Waals surface area contributed by atoms with Crippen molar-refractivity contribution >= 4 is 5.97 Å². The standard InChI is InChI=1S/C30H46O6/c1-17-15-30(23(33)18(2)24(34)35-30)36-29(17)14-13-27(5)20-7-8-21-25(3,19(20)9-12-28(27,29)6)11-10-22(32)26(21,4)16-31/h17-18,21-23,31-33H,7-16H2,1-6H3/t17-,18-,21-,22+,23+,25-,26-,27+,28+,29+,30-/m1/s1. The van der Waals surface area contributed by atoms with Crippen LogP contribution < -0.4 is 0 Å². The van der Waals surface area contributed by atoms with Crippen LogP contribution in [0.25, 0.3) is 0 Å². The molecule has 202 valence electrons. The van der Waals surface area contributed by atoms with E-state index in [2.05, 4.69) is 34.6 Å². The van der Waals surface area contributed by atoms with E-state index in [4.69, 9.17) is 9.47 Å². The highest BCUT2D eigenvalue weighted by Crippen LogP contribution is 2.76. The number of hydrogen-bond donors (Lipinski definition) is 3. The van der Waals surface area contributed by atoms with Crippen molar-refractivity contribution < 1.29 is 29.6 Å². The molecule has 2 saturated heterocycles. The first-order valence-corrected chi connectivity index (χ1v) is 14.4. The number of carbonyl (C=O) groups is 1. The summed E-state index contributed by atoms with van der Waals surface area (Å²) >= 11 is 0. The lowest BCUT2D eigenvalue weighted by atomic mass is 9.42. The predicted molar refractivity (Wildman–Crippen MR) is 135 cm³/mol. The molecule has 0 aromatic rings. The lowest BCUT2D eigenvalue weighted by Crippen LogP contribution is -2.59. The molecule has 4 aliphatic carbocycles. The van der Waals surface area contributed by atoms with Gasteiger partial charge < -0.3 is 24.8 Å². The Balaban J connectivity index is 1.41. The average Bonchev–Trinajstić information content (AvgIpc) is 3.35. The number of fused-ring (bicyclic) bond motifs is 5. The van der Waals surface area contributed by atoms with Gasteiger partial charge in [0.1, 0.15) is 6.10 Å². The van der Waals surface area contributed by atoms with Gasteiger partial charge in [-0.3, -0.25) is 4.79 Å². The van der Waals surface area contributed by atoms with E-state index < -0.39 is 34.9 Å². The number of rotatable bonds is 1. The first-order valence-electron chi connectivity index (χ1n) is 14.4. The number of carbonyl (C=O) groups excluding carboxylic acids is 1. The van der Waals surface area contributed by atoms with Crippen molar-refractivity contribution in [2.75, 3.05) is 6.61 Å². The van der Waals surface area contributed by atoms with Crippen molar-refractivity contribution in [1.82, 2.24) is 0 Å². The van der Waals surface area contributed by atoms with Gasteiger partial charge in [0.05, 0.1) is 24.2 Å². The molecule has 2 saturated carbocycles. The molecule has 2 aliphatic heterocycles. The molecular formula is C30H46O6. The molecule has 36 heavy (non-hydrogen) atoms. The lowest BCUT2D eigenvalue weighted by Gasteiger charge is -2.63. The van der Waals surface area contributed by atoms with Crippen LogP contribution >= 0.6 is 0 Å². The molecule has 3 N–H and O–H groups in total. The predicted octanol–water partition coefficient (Wildman–Crippen LogP) is 4.50. The van der Waals surface area contributed by atoms with Crippen LogP contribution in [0.1, 0.15) is 99.3 Å². The zero-order valence-electron chi connectivity index (χ0n) is 23.0. The number of aliphatic hydroxyl groups is 3. The summed E-state index contributed by atoms with van der Waals surface area (Å²) in [6.07, 6.45) is 6.84. The van der Waals surface area contributed by atoms with Crippen molar-refractivity contribution in [2.24, 2.45) is 39.4 Å². The SMILES string of the molecule is C[C@@H]1C[C@@]2(OC(=O)[C@H](C)[C@@H]2O)O[C@@]12CC[C@@]1(C)C3=C(CC[C@@]12C)[C@@]1(C)CC[C@H](O)[C@](C)(CO)[C@@H]1CC3. The zero-order valence-corrected chi connectivity index (χ0v) is 23.0. The van der Waals surface area contributed by atoms with E-state index in [1.165, 1.54) is 0 Å². The number of aliphatic hydroxyl groups excluding tert-OH is 3. The van der Waals surface area contributed by atoms with Gasteiger partial charge in [0.25, 0.3) is 0 Å². The molecule has 0 aromatic carbocycles. The van der Waals surface area contributed by atoms with Crippen LogP contribution in [0.5, 0.6) is 0 Å². The lowest BCUT2D eigenvalue weighted by molar-refractivity contribution is -0.279. The number of hydrogen-bond acceptors (Lipinski definition) is 6. The normalized spacial score (nSPS) is 58.2. The molecule has 0 aromatic heterocycles. The zero-order chi connectivity index (χ0) is 26.1. The summed E-state index contributed by atoms with van der Waals surface area (Å²) < 4.78 is 12.8. The summed E-state index contributed by atoms with van der Waals surface area (Å²) in [7, 11) is 0. The second-order valence-corrected chi connectivity index (χ2v) is 14.4. The Bertz CT molecular complexity index is 1020. The van der Waals surface area contributed by atoms with Crippen LogP contribution in [0.4, 0.5) is 0 Å². The van der Waals surface area contributed by atoms with E-state index in [9.17, 15) is 20.1 Å². The van der Waals surface area contributed by atoms with Crippen molar-refractivity contribution in [3.05, 3.63) is 11.1 Å². The van der Waals surface area contributed by atoms with E-state index in [0.717, 1.165) is 51.4 Å². The van der Waals surface area contributed by atoms with Gasteiger partial charge in [-0.1, -0.05) is 45.8 Å². The molecule has 11 atom stereocenters. The van der Waals surface area contributed by atoms with Crippen LogP contribution in [0.3, 0.4) is 0 Å².